The van der Waals surface area contributed by atoms with Gasteiger partial charge in [0.1, 0.15) is 5.82 Å². The third-order valence-electron chi connectivity index (χ3n) is 6.90. The summed E-state index contributed by atoms with van der Waals surface area (Å²) in [6.07, 6.45) is 8.06. The number of hydrogen-bond donors (Lipinski definition) is 0. The lowest BCUT2D eigenvalue weighted by Gasteiger charge is -2.43. The Morgan fingerprint density at radius 1 is 1.00 bits per heavy atom. The van der Waals surface area contributed by atoms with E-state index in [-0.39, 0.29) is 24.5 Å². The topological polar surface area (TPSA) is 67.8 Å². The summed E-state index contributed by atoms with van der Waals surface area (Å²) in [4.78, 5) is 26.2. The van der Waals surface area contributed by atoms with Crippen molar-refractivity contribution in [2.45, 2.75) is 44.2 Å². The highest BCUT2D eigenvalue weighted by atomic mass is 16.5. The van der Waals surface area contributed by atoms with Crippen LogP contribution in [0.25, 0.3) is 0 Å². The minimum atomic E-state index is 0.0421. The molecule has 1 saturated heterocycles. The number of anilines is 1. The van der Waals surface area contributed by atoms with Gasteiger partial charge in [0.2, 0.25) is 5.91 Å². The molecule has 182 valence electrons. The fraction of sp³-hybridized carbons (Fsp3) is 0.393. The molecule has 3 aromatic rings. The minimum absolute atomic E-state index is 0.0421. The summed E-state index contributed by atoms with van der Waals surface area (Å²) in [7, 11) is 1.68. The lowest BCUT2D eigenvalue weighted by atomic mass is 9.96. The normalized spacial score (nSPS) is 18.1. The standard InChI is InChI=1S/C28H32N4O3/c1-34-25-12-11-22(18-26(25)35-24-9-5-10-24)31-15-16-32(28(33)19-27-29-13-6-14-30-27)23(20-31)17-21-7-3-2-4-8-21/h2-4,6-8,11-14,18,23-24H,5,9-10,15-17,19-20H2,1H3. The number of carbonyl (C=O) groups excluding carboxylic acids is 1. The number of hydrogen-bond acceptors (Lipinski definition) is 6. The van der Waals surface area contributed by atoms with Gasteiger partial charge in [0.25, 0.3) is 0 Å². The van der Waals surface area contributed by atoms with E-state index in [1.807, 2.05) is 29.2 Å². The Morgan fingerprint density at radius 3 is 2.51 bits per heavy atom. The first-order valence-electron chi connectivity index (χ1n) is 12.4. The maximum Gasteiger partial charge on any atom is 0.230 e. The second-order valence-corrected chi connectivity index (χ2v) is 9.22. The Kier molecular flexibility index (Phi) is 7.12. The van der Waals surface area contributed by atoms with Gasteiger partial charge in [-0.25, -0.2) is 9.97 Å². The number of methoxy groups -OCH3 is 1. The molecule has 1 unspecified atom stereocenters. The quantitative estimate of drug-likeness (QED) is 0.495. The van der Waals surface area contributed by atoms with Crippen LogP contribution in [0.5, 0.6) is 11.5 Å². The van der Waals surface area contributed by atoms with E-state index in [0.717, 1.165) is 49.5 Å². The van der Waals surface area contributed by atoms with Crippen molar-refractivity contribution in [3.8, 4) is 11.5 Å². The molecule has 1 amide bonds. The molecule has 1 saturated carbocycles. The smallest absolute Gasteiger partial charge is 0.230 e. The molecule has 7 nitrogen and oxygen atoms in total. The van der Waals surface area contributed by atoms with Gasteiger partial charge >= 0.3 is 0 Å². The van der Waals surface area contributed by atoms with E-state index in [9.17, 15) is 4.79 Å². The van der Waals surface area contributed by atoms with Gasteiger partial charge < -0.3 is 19.3 Å². The molecule has 0 N–H and O–H groups in total. The van der Waals surface area contributed by atoms with Crippen LogP contribution in [-0.2, 0) is 17.6 Å². The summed E-state index contributed by atoms with van der Waals surface area (Å²) < 4.78 is 11.8. The van der Waals surface area contributed by atoms with Gasteiger partial charge in [-0.2, -0.15) is 0 Å². The average Bonchev–Trinajstić information content (AvgIpc) is 2.87. The number of piperazine rings is 1. The fourth-order valence-corrected chi connectivity index (χ4v) is 4.76. The maximum absolute atomic E-state index is 13.3. The second-order valence-electron chi connectivity index (χ2n) is 9.22. The molecule has 0 spiro atoms. The summed E-state index contributed by atoms with van der Waals surface area (Å²) >= 11 is 0. The van der Waals surface area contributed by atoms with E-state index in [1.54, 1.807) is 25.6 Å². The van der Waals surface area contributed by atoms with Gasteiger partial charge in [0.05, 0.1) is 25.7 Å². The number of aromatic nitrogens is 2. The monoisotopic (exact) mass is 472 g/mol. The lowest BCUT2D eigenvalue weighted by molar-refractivity contribution is -0.133. The summed E-state index contributed by atoms with van der Waals surface area (Å²) in [6, 6.07) is 18.3. The molecule has 0 bridgehead atoms. The maximum atomic E-state index is 13.3. The number of nitrogens with zero attached hydrogens (tertiary/aromatic N) is 4. The van der Waals surface area contributed by atoms with Crippen molar-refractivity contribution < 1.29 is 14.3 Å². The van der Waals surface area contributed by atoms with E-state index in [4.69, 9.17) is 9.47 Å². The molecule has 2 heterocycles. The average molecular weight is 473 g/mol. The Balaban J connectivity index is 1.35. The van der Waals surface area contributed by atoms with Crippen molar-refractivity contribution in [3.63, 3.8) is 0 Å². The molecule has 2 aromatic carbocycles. The largest absolute Gasteiger partial charge is 0.493 e. The number of ether oxygens (including phenoxy) is 2. The van der Waals surface area contributed by atoms with Gasteiger partial charge in [-0.1, -0.05) is 30.3 Å². The van der Waals surface area contributed by atoms with Crippen molar-refractivity contribution in [1.82, 2.24) is 14.9 Å². The molecule has 0 radical (unpaired) electrons. The van der Waals surface area contributed by atoms with Crippen molar-refractivity contribution in [1.29, 1.82) is 0 Å². The van der Waals surface area contributed by atoms with Gasteiger partial charge in [-0.15, -0.1) is 0 Å². The highest BCUT2D eigenvalue weighted by Gasteiger charge is 2.31. The van der Waals surface area contributed by atoms with Gasteiger partial charge in [-0.3, -0.25) is 4.79 Å². The lowest BCUT2D eigenvalue weighted by Crippen LogP contribution is -2.56. The zero-order chi connectivity index (χ0) is 24.0. The summed E-state index contributed by atoms with van der Waals surface area (Å²) in [5, 5.41) is 0. The second kappa shape index (κ2) is 10.8. The minimum Gasteiger partial charge on any atom is -0.493 e. The molecule has 7 heteroatoms. The number of rotatable bonds is 8. The fourth-order valence-electron chi connectivity index (χ4n) is 4.76. The zero-order valence-corrected chi connectivity index (χ0v) is 20.2. The number of amides is 1. The molecule has 1 aliphatic heterocycles. The van der Waals surface area contributed by atoms with Gasteiger partial charge in [-0.05, 0) is 49.4 Å². The zero-order valence-electron chi connectivity index (χ0n) is 20.2. The van der Waals surface area contributed by atoms with Crippen LogP contribution >= 0.6 is 0 Å². The van der Waals surface area contributed by atoms with Crippen LogP contribution in [0.1, 0.15) is 30.7 Å². The molecule has 1 aliphatic carbocycles. The molecule has 1 atom stereocenters. The van der Waals surface area contributed by atoms with Gasteiger partial charge in [0, 0.05) is 43.8 Å². The Bertz CT molecular complexity index is 1120. The molecule has 2 fully saturated rings. The van der Waals surface area contributed by atoms with E-state index in [0.29, 0.717) is 12.4 Å². The Morgan fingerprint density at radius 2 is 1.80 bits per heavy atom. The highest BCUT2D eigenvalue weighted by molar-refractivity contribution is 5.78. The van der Waals surface area contributed by atoms with Crippen molar-refractivity contribution in [2.75, 3.05) is 31.6 Å². The SMILES string of the molecule is COc1ccc(N2CCN(C(=O)Cc3ncccn3)C(Cc3ccccc3)C2)cc1OC1CCC1. The molecular weight excluding hydrogens is 440 g/mol. The van der Waals surface area contributed by atoms with E-state index in [2.05, 4.69) is 39.1 Å². The number of benzene rings is 2. The first-order valence-corrected chi connectivity index (χ1v) is 12.4. The summed E-state index contributed by atoms with van der Waals surface area (Å²) in [5.41, 5.74) is 2.31. The predicted molar refractivity (Wildman–Crippen MR) is 135 cm³/mol. The summed E-state index contributed by atoms with van der Waals surface area (Å²) in [6.45, 7) is 2.14. The molecular formula is C28H32N4O3. The first kappa shape index (κ1) is 23.1. The van der Waals surface area contributed by atoms with E-state index in [1.165, 1.54) is 12.0 Å². The number of carbonyl (C=O) groups is 1. The van der Waals surface area contributed by atoms with Crippen LogP contribution in [0.2, 0.25) is 0 Å². The molecule has 35 heavy (non-hydrogen) atoms. The van der Waals surface area contributed by atoms with E-state index < -0.39 is 0 Å². The first-order chi connectivity index (χ1) is 17.2. The molecule has 2 aliphatic rings. The summed E-state index contributed by atoms with van der Waals surface area (Å²) in [5.74, 6) is 2.19. The molecule has 5 rings (SSSR count). The van der Waals surface area contributed by atoms with E-state index >= 15 is 0 Å². The van der Waals surface area contributed by atoms with Crippen molar-refractivity contribution in [3.05, 3.63) is 78.4 Å². The van der Waals surface area contributed by atoms with Crippen LogP contribution in [0, 0.1) is 0 Å². The van der Waals surface area contributed by atoms with Crippen LogP contribution in [0.15, 0.2) is 67.0 Å². The third-order valence-corrected chi connectivity index (χ3v) is 6.90. The van der Waals surface area contributed by atoms with Crippen molar-refractivity contribution in [2.24, 2.45) is 0 Å². The van der Waals surface area contributed by atoms with Gasteiger partial charge in [0.15, 0.2) is 11.5 Å². The van der Waals surface area contributed by atoms with Crippen LogP contribution in [-0.4, -0.2) is 59.7 Å². The highest BCUT2D eigenvalue weighted by Crippen LogP contribution is 2.36. The predicted octanol–water partition coefficient (Wildman–Crippen LogP) is 3.92. The Labute approximate surface area is 206 Å². The van der Waals surface area contributed by atoms with Crippen LogP contribution < -0.4 is 14.4 Å². The Hall–Kier alpha value is -3.61. The third kappa shape index (κ3) is 5.56. The van der Waals surface area contributed by atoms with Crippen LogP contribution in [0.4, 0.5) is 5.69 Å². The molecule has 1 aromatic heterocycles. The van der Waals surface area contributed by atoms with Crippen molar-refractivity contribution >= 4 is 11.6 Å². The van der Waals surface area contributed by atoms with Crippen LogP contribution in [0.3, 0.4) is 0 Å².